The van der Waals surface area contributed by atoms with Gasteiger partial charge in [-0.1, -0.05) is 13.8 Å². The number of allylic oxidation sites excluding steroid dienone is 2. The molecule has 0 aromatic heterocycles. The summed E-state index contributed by atoms with van der Waals surface area (Å²) < 4.78 is 16.4. The van der Waals surface area contributed by atoms with E-state index in [1.54, 1.807) is 12.5 Å². The van der Waals surface area contributed by atoms with E-state index in [1.165, 1.54) is 0 Å². The van der Waals surface area contributed by atoms with Crippen LogP contribution in [0.15, 0.2) is 24.0 Å². The third-order valence-electron chi connectivity index (χ3n) is 2.54. The van der Waals surface area contributed by atoms with Gasteiger partial charge in [0.1, 0.15) is 24.0 Å². The van der Waals surface area contributed by atoms with Crippen LogP contribution in [0.4, 0.5) is 0 Å². The average molecular weight is 292 g/mol. The third-order valence-corrected chi connectivity index (χ3v) is 2.54. The summed E-state index contributed by atoms with van der Waals surface area (Å²) in [4.78, 5) is 0. The largest absolute Gasteiger partial charge is 0.495 e. The third kappa shape index (κ3) is 11.4. The summed E-state index contributed by atoms with van der Waals surface area (Å²) in [5, 5.41) is 16.9. The first-order valence-corrected chi connectivity index (χ1v) is 7.31. The predicted molar refractivity (Wildman–Crippen MR) is 79.4 cm³/mol. The van der Waals surface area contributed by atoms with E-state index in [2.05, 4.69) is 12.1 Å². The van der Waals surface area contributed by atoms with Gasteiger partial charge in [-0.2, -0.15) is 10.5 Å². The Kier molecular flexibility index (Phi) is 12.8. The summed E-state index contributed by atoms with van der Waals surface area (Å²) in [6.45, 7) is 4.99. The van der Waals surface area contributed by atoms with Gasteiger partial charge in [0.2, 0.25) is 0 Å². The minimum absolute atomic E-state index is 0.494. The van der Waals surface area contributed by atoms with Gasteiger partial charge in [-0.3, -0.25) is 0 Å². The molecule has 0 aliphatic carbocycles. The molecule has 0 unspecified atom stereocenters. The molecule has 0 saturated heterocycles. The van der Waals surface area contributed by atoms with E-state index in [9.17, 15) is 0 Å². The molecule has 0 heterocycles. The molecule has 0 amide bonds. The van der Waals surface area contributed by atoms with Gasteiger partial charge in [-0.05, 0) is 12.8 Å². The summed E-state index contributed by atoms with van der Waals surface area (Å²) in [7, 11) is 0. The molecule has 0 spiro atoms. The van der Waals surface area contributed by atoms with Crippen molar-refractivity contribution in [1.82, 2.24) is 0 Å². The van der Waals surface area contributed by atoms with Crippen molar-refractivity contribution in [3.63, 3.8) is 0 Å². The Balaban J connectivity index is 4.10. The SMILES string of the molecule is CCC(=COC=C(CC)OCCCC#N)OCCCC#N. The average Bonchev–Trinajstić information content (AvgIpc) is 2.51. The van der Waals surface area contributed by atoms with Crippen LogP contribution in [-0.2, 0) is 14.2 Å². The number of hydrogen-bond donors (Lipinski definition) is 0. The molecule has 0 N–H and O–H groups in total. The van der Waals surface area contributed by atoms with Gasteiger partial charge in [0.05, 0.1) is 25.4 Å². The Morgan fingerprint density at radius 2 is 1.29 bits per heavy atom. The lowest BCUT2D eigenvalue weighted by Gasteiger charge is -2.09. The van der Waals surface area contributed by atoms with Crippen LogP contribution in [0, 0.1) is 22.7 Å². The molecule has 0 aromatic rings. The zero-order valence-corrected chi connectivity index (χ0v) is 12.9. The molecule has 0 aromatic carbocycles. The highest BCUT2D eigenvalue weighted by Gasteiger charge is 1.98. The van der Waals surface area contributed by atoms with Crippen molar-refractivity contribution in [2.75, 3.05) is 13.2 Å². The Bertz CT molecular complexity index is 365. The van der Waals surface area contributed by atoms with Gasteiger partial charge in [0.25, 0.3) is 0 Å². The summed E-state index contributed by atoms with van der Waals surface area (Å²) in [5.74, 6) is 1.48. The zero-order chi connectivity index (χ0) is 15.8. The van der Waals surface area contributed by atoms with Crippen LogP contribution in [-0.4, -0.2) is 13.2 Å². The highest BCUT2D eigenvalue weighted by Crippen LogP contribution is 2.08. The lowest BCUT2D eigenvalue weighted by atomic mass is 10.3. The molecule has 0 atom stereocenters. The lowest BCUT2D eigenvalue weighted by Crippen LogP contribution is -1.96. The first kappa shape index (κ1) is 18.9. The first-order chi connectivity index (χ1) is 10.3. The molecule has 116 valence electrons. The molecule has 0 rings (SSSR count). The van der Waals surface area contributed by atoms with Crippen LogP contribution >= 0.6 is 0 Å². The van der Waals surface area contributed by atoms with Gasteiger partial charge >= 0.3 is 0 Å². The van der Waals surface area contributed by atoms with E-state index in [4.69, 9.17) is 24.7 Å². The van der Waals surface area contributed by atoms with E-state index in [0.29, 0.717) is 38.9 Å². The minimum atomic E-state index is 0.494. The Hall–Kier alpha value is -2.14. The summed E-state index contributed by atoms with van der Waals surface area (Å²) in [5.41, 5.74) is 0. The fourth-order valence-corrected chi connectivity index (χ4v) is 1.33. The molecule has 5 nitrogen and oxygen atoms in total. The molecule has 0 fully saturated rings. The maximum atomic E-state index is 8.44. The Morgan fingerprint density at radius 1 is 0.857 bits per heavy atom. The molecular weight excluding hydrogens is 268 g/mol. The van der Waals surface area contributed by atoms with Crippen molar-refractivity contribution < 1.29 is 14.2 Å². The molecular formula is C16H24N2O3. The van der Waals surface area contributed by atoms with Crippen molar-refractivity contribution in [2.24, 2.45) is 0 Å². The van der Waals surface area contributed by atoms with Crippen molar-refractivity contribution in [3.8, 4) is 12.1 Å². The van der Waals surface area contributed by atoms with Crippen molar-refractivity contribution in [3.05, 3.63) is 24.0 Å². The van der Waals surface area contributed by atoms with Gasteiger partial charge in [-0.25, -0.2) is 0 Å². The second-order valence-corrected chi connectivity index (χ2v) is 4.23. The number of rotatable bonds is 12. The lowest BCUT2D eigenvalue weighted by molar-refractivity contribution is 0.174. The predicted octanol–water partition coefficient (Wildman–Crippen LogP) is 4.15. The molecule has 0 saturated carbocycles. The fourth-order valence-electron chi connectivity index (χ4n) is 1.33. The highest BCUT2D eigenvalue weighted by atomic mass is 16.5. The molecule has 0 radical (unpaired) electrons. The van der Waals surface area contributed by atoms with E-state index in [-0.39, 0.29) is 0 Å². The van der Waals surface area contributed by atoms with E-state index in [0.717, 1.165) is 24.4 Å². The fraction of sp³-hybridized carbons (Fsp3) is 0.625. The van der Waals surface area contributed by atoms with E-state index in [1.807, 2.05) is 13.8 Å². The van der Waals surface area contributed by atoms with Gasteiger partial charge in [0, 0.05) is 25.7 Å². The maximum absolute atomic E-state index is 8.44. The standard InChI is InChI=1S/C16H24N2O3/c1-3-15(20-11-7-5-9-17)13-19-14-16(4-2)21-12-8-6-10-18/h13-14H,3-8,11-12H2,1-2H3. The number of nitrogens with zero attached hydrogens (tertiary/aromatic N) is 2. The molecule has 0 aliphatic rings. The summed E-state index contributed by atoms with van der Waals surface area (Å²) in [6.07, 6.45) is 6.98. The molecule has 0 aliphatic heterocycles. The number of ether oxygens (including phenoxy) is 3. The first-order valence-electron chi connectivity index (χ1n) is 7.31. The Morgan fingerprint density at radius 3 is 1.62 bits per heavy atom. The summed E-state index contributed by atoms with van der Waals surface area (Å²) in [6, 6.07) is 4.15. The number of unbranched alkanes of at least 4 members (excludes halogenated alkanes) is 2. The van der Waals surface area contributed by atoms with E-state index >= 15 is 0 Å². The van der Waals surface area contributed by atoms with Gasteiger partial charge < -0.3 is 14.2 Å². The van der Waals surface area contributed by atoms with Gasteiger partial charge in [0.15, 0.2) is 0 Å². The van der Waals surface area contributed by atoms with Crippen LogP contribution in [0.3, 0.4) is 0 Å². The highest BCUT2D eigenvalue weighted by molar-refractivity contribution is 4.92. The number of nitriles is 2. The topological polar surface area (TPSA) is 75.3 Å². The van der Waals surface area contributed by atoms with Crippen molar-refractivity contribution in [1.29, 1.82) is 10.5 Å². The maximum Gasteiger partial charge on any atom is 0.131 e. The van der Waals surface area contributed by atoms with Crippen LogP contribution in [0.25, 0.3) is 0 Å². The van der Waals surface area contributed by atoms with Crippen LogP contribution < -0.4 is 0 Å². The van der Waals surface area contributed by atoms with Crippen molar-refractivity contribution in [2.45, 2.75) is 52.4 Å². The molecule has 21 heavy (non-hydrogen) atoms. The quantitative estimate of drug-likeness (QED) is 0.399. The minimum Gasteiger partial charge on any atom is -0.495 e. The smallest absolute Gasteiger partial charge is 0.131 e. The second-order valence-electron chi connectivity index (χ2n) is 4.23. The van der Waals surface area contributed by atoms with Crippen LogP contribution in [0.5, 0.6) is 0 Å². The zero-order valence-electron chi connectivity index (χ0n) is 12.9. The Labute approximate surface area is 127 Å². The van der Waals surface area contributed by atoms with E-state index < -0.39 is 0 Å². The molecule has 0 bridgehead atoms. The van der Waals surface area contributed by atoms with Crippen LogP contribution in [0.1, 0.15) is 52.4 Å². The van der Waals surface area contributed by atoms with Gasteiger partial charge in [-0.15, -0.1) is 0 Å². The van der Waals surface area contributed by atoms with Crippen molar-refractivity contribution >= 4 is 0 Å². The van der Waals surface area contributed by atoms with Crippen LogP contribution in [0.2, 0.25) is 0 Å². The summed E-state index contributed by atoms with van der Waals surface area (Å²) >= 11 is 0. The monoisotopic (exact) mass is 292 g/mol. The second kappa shape index (κ2) is 14.3. The normalized spacial score (nSPS) is 11.4. The molecule has 5 heteroatoms. The number of hydrogen-bond acceptors (Lipinski definition) is 5.